The lowest BCUT2D eigenvalue weighted by Gasteiger charge is -2.42. The molecule has 4 heterocycles. The Bertz CT molecular complexity index is 2300. The maximum absolute atomic E-state index is 15.0. The predicted octanol–water partition coefficient (Wildman–Crippen LogP) is 7.80. The zero-order chi connectivity index (χ0) is 51.4. The monoisotopic (exact) mass is 973 g/mol. The molecule has 7 rings (SSSR count). The number of phenolic OH excluding ortho intramolecular Hbond substituents is 1. The average molecular weight is 973 g/mol. The number of Topliss-reactive ketones (excluding diaryl/α,β-unsaturated/α-hetero) is 3. The third-order valence-corrected chi connectivity index (χ3v) is 14.5. The van der Waals surface area contributed by atoms with Gasteiger partial charge in [0.25, 0.3) is 11.7 Å². The highest BCUT2D eigenvalue weighted by molar-refractivity contribution is 6.37. The number of esters is 1. The van der Waals surface area contributed by atoms with Crippen LogP contribution in [0, 0.1) is 30.6 Å². The van der Waals surface area contributed by atoms with Gasteiger partial charge in [-0.3, -0.25) is 33.9 Å². The number of nitrogens with one attached hydrogen (secondary N) is 1. The van der Waals surface area contributed by atoms with Gasteiger partial charge in [-0.25, -0.2) is 0 Å². The third kappa shape index (κ3) is 11.6. The largest absolute Gasteiger partial charge is 0.507 e. The summed E-state index contributed by atoms with van der Waals surface area (Å²) >= 11 is 0. The van der Waals surface area contributed by atoms with E-state index in [2.05, 4.69) is 22.2 Å². The smallest absolute Gasteiger partial charge is 0.312 e. The molecule has 70 heavy (non-hydrogen) atoms. The van der Waals surface area contributed by atoms with Gasteiger partial charge in [-0.1, -0.05) is 65.2 Å². The van der Waals surface area contributed by atoms with Crippen LogP contribution in [0.1, 0.15) is 145 Å². The van der Waals surface area contributed by atoms with Crippen LogP contribution in [0.4, 0.5) is 0 Å². The number of ether oxygens (including phenoxy) is 6. The number of hydrogen-bond acceptors (Lipinski definition) is 15. The fraction of sp³-hybridized carbons (Fsp3) is 0.630. The van der Waals surface area contributed by atoms with Crippen LogP contribution >= 0.6 is 0 Å². The zero-order valence-electron chi connectivity index (χ0n) is 43.5. The number of rotatable bonds is 9. The lowest BCUT2D eigenvalue weighted by atomic mass is 9.78. The molecular weight excluding hydrogens is 897 g/mol. The standard InChI is InChI=1S/C54H76N4O12/c1-29(2)67-48-31(5)18-17-19-32(6)53(64)56-44-39(28-55-58-25-23-57(24-26-58)38-20-15-14-16-21-38)46(61)41-42(47(44)62)45(60)34(8)51-43(41)52(63)54(12,70-51)66-27-22-40(65-13)33(7)49(69-37(11)59)36(10)50(35(48)9)68-30(3)4/h17-19,22,27-31,33,35-36,38,40,48-50,60H,14-16,20-21,23-26H2,1-13H3,(H,56,64)/b18-17+,27-22+,32-19-,55-28+/t31-,33+,35+,36-,40-,48-,49+,50+,54-/m0/s1. The minimum atomic E-state index is -2.07. The summed E-state index contributed by atoms with van der Waals surface area (Å²) in [5.41, 5.74) is -1.47. The van der Waals surface area contributed by atoms with Crippen molar-refractivity contribution in [2.24, 2.45) is 28.8 Å². The van der Waals surface area contributed by atoms with Crippen molar-refractivity contribution in [2.75, 3.05) is 33.3 Å². The number of aromatic hydroxyl groups is 1. The van der Waals surface area contributed by atoms with Gasteiger partial charge in [0.1, 0.15) is 23.3 Å². The van der Waals surface area contributed by atoms with Gasteiger partial charge in [0, 0.05) is 88.0 Å². The highest BCUT2D eigenvalue weighted by atomic mass is 16.7. The van der Waals surface area contributed by atoms with E-state index >= 15 is 0 Å². The lowest BCUT2D eigenvalue weighted by Crippen LogP contribution is -2.49. The number of nitrogens with zero attached hydrogens (tertiary/aromatic N) is 3. The van der Waals surface area contributed by atoms with E-state index in [1.54, 1.807) is 25.2 Å². The Morgan fingerprint density at radius 1 is 0.857 bits per heavy atom. The summed E-state index contributed by atoms with van der Waals surface area (Å²) < 4.78 is 37.7. The first-order chi connectivity index (χ1) is 33.1. The molecule has 1 amide bonds. The van der Waals surface area contributed by atoms with E-state index in [1.165, 1.54) is 72.5 Å². The summed E-state index contributed by atoms with van der Waals surface area (Å²) in [6.45, 7) is 24.2. The second-order valence-corrected chi connectivity index (χ2v) is 20.4. The van der Waals surface area contributed by atoms with Gasteiger partial charge < -0.3 is 38.8 Å². The highest BCUT2D eigenvalue weighted by Crippen LogP contribution is 2.48. The minimum absolute atomic E-state index is 0.0211. The second kappa shape index (κ2) is 22.9. The van der Waals surface area contributed by atoms with E-state index < -0.39 is 82.6 Å². The Hall–Kier alpha value is -5.16. The van der Waals surface area contributed by atoms with Gasteiger partial charge in [-0.15, -0.1) is 0 Å². The van der Waals surface area contributed by atoms with E-state index in [0.717, 1.165) is 13.1 Å². The number of fused-ring (bicyclic) bond motifs is 14. The average Bonchev–Trinajstić information content (AvgIpc) is 3.58. The number of benzene rings is 1. The number of phenols is 1. The van der Waals surface area contributed by atoms with E-state index in [0.29, 0.717) is 19.1 Å². The van der Waals surface area contributed by atoms with Gasteiger partial charge in [0.05, 0.1) is 65.3 Å². The Morgan fingerprint density at radius 2 is 1.49 bits per heavy atom. The summed E-state index contributed by atoms with van der Waals surface area (Å²) in [6, 6.07) is 0.533. The molecule has 2 aliphatic carbocycles. The predicted molar refractivity (Wildman–Crippen MR) is 265 cm³/mol. The molecule has 1 aromatic rings. The van der Waals surface area contributed by atoms with E-state index in [1.807, 2.05) is 59.6 Å². The van der Waals surface area contributed by atoms with Crippen LogP contribution < -0.4 is 10.1 Å². The van der Waals surface area contributed by atoms with Gasteiger partial charge in [0.2, 0.25) is 5.78 Å². The Labute approximate surface area is 413 Å². The molecular formula is C54H76N4O12. The maximum atomic E-state index is 15.0. The van der Waals surface area contributed by atoms with Gasteiger partial charge in [0.15, 0.2) is 5.78 Å². The summed E-state index contributed by atoms with van der Waals surface area (Å²) in [6.07, 6.45) is 12.7. The van der Waals surface area contributed by atoms with Crippen LogP contribution in [-0.4, -0.2) is 132 Å². The fourth-order valence-corrected chi connectivity index (χ4v) is 10.7. The molecule has 1 saturated heterocycles. The first-order valence-electron chi connectivity index (χ1n) is 25.1. The zero-order valence-corrected chi connectivity index (χ0v) is 43.5. The van der Waals surface area contributed by atoms with Crippen molar-refractivity contribution < 1.29 is 57.5 Å². The molecule has 16 heteroatoms. The van der Waals surface area contributed by atoms with E-state index in [4.69, 9.17) is 28.4 Å². The van der Waals surface area contributed by atoms with Crippen LogP contribution in [0.5, 0.6) is 11.5 Å². The van der Waals surface area contributed by atoms with Crippen LogP contribution in [0.2, 0.25) is 0 Å². The van der Waals surface area contributed by atoms with Crippen LogP contribution in [0.25, 0.3) is 0 Å². The number of carbonyl (C=O) groups is 5. The molecule has 16 nitrogen and oxygen atoms in total. The van der Waals surface area contributed by atoms with E-state index in [-0.39, 0.29) is 63.3 Å². The molecule has 1 saturated carbocycles. The van der Waals surface area contributed by atoms with Crippen molar-refractivity contribution >= 4 is 35.4 Å². The van der Waals surface area contributed by atoms with Crippen molar-refractivity contribution in [1.29, 1.82) is 0 Å². The van der Waals surface area contributed by atoms with Crippen molar-refractivity contribution in [1.82, 2.24) is 15.2 Å². The topological polar surface area (TPSA) is 192 Å². The number of methoxy groups -OCH3 is 1. The van der Waals surface area contributed by atoms with Crippen LogP contribution in [-0.2, 0) is 33.3 Å². The van der Waals surface area contributed by atoms with Gasteiger partial charge in [-0.05, 0) is 60.5 Å². The van der Waals surface area contributed by atoms with Crippen LogP contribution in [0.15, 0.2) is 52.5 Å². The first kappa shape index (κ1) is 54.2. The molecule has 9 atom stereocenters. The molecule has 2 N–H and O–H groups in total. The summed E-state index contributed by atoms with van der Waals surface area (Å²) in [4.78, 5) is 73.9. The molecule has 0 radical (unpaired) electrons. The van der Waals surface area contributed by atoms with Crippen molar-refractivity contribution in [3.63, 3.8) is 0 Å². The molecule has 2 fully saturated rings. The number of hydrogen-bond donors (Lipinski definition) is 2. The number of hydrazone groups is 1. The Kier molecular flexibility index (Phi) is 17.8. The number of amides is 1. The summed E-state index contributed by atoms with van der Waals surface area (Å²) in [5.74, 6) is -7.80. The summed E-state index contributed by atoms with van der Waals surface area (Å²) in [5, 5.41) is 20.9. The van der Waals surface area contributed by atoms with Gasteiger partial charge in [-0.2, -0.15) is 5.10 Å². The van der Waals surface area contributed by atoms with Crippen molar-refractivity contribution in [2.45, 2.75) is 164 Å². The molecule has 384 valence electrons. The number of carbonyl (C=O) groups excluding carboxylic acids is 5. The summed E-state index contributed by atoms with van der Waals surface area (Å²) in [7, 11) is 1.51. The SMILES string of the molecule is CO[C@H]1/C=C/O[C@@]2(C)Oc3c(C)c(O)c4c(c3C2=O)C(=O)C(/C=N/N2CCN(C3CCCCC3)CC2)=C(NC(=O)/C(C)=C\C=C\[C@H](C)[C@H](OC(C)C)[C@@H](C)[C@@H](OC(C)C)[C@@H](C)[C@H](OC(C)=O)[C@@H]1C)C4=O. The lowest BCUT2D eigenvalue weighted by molar-refractivity contribution is -0.170. The second-order valence-electron chi connectivity index (χ2n) is 20.4. The number of piperazine rings is 1. The molecule has 4 aliphatic heterocycles. The molecule has 6 aliphatic rings. The number of ketones is 3. The highest BCUT2D eigenvalue weighted by Gasteiger charge is 2.53. The number of allylic oxidation sites excluding steroid dienone is 4. The van der Waals surface area contributed by atoms with Crippen LogP contribution in [0.3, 0.4) is 0 Å². The molecule has 0 aromatic heterocycles. The fourth-order valence-electron chi connectivity index (χ4n) is 10.7. The van der Waals surface area contributed by atoms with Crippen molar-refractivity contribution in [3.8, 4) is 11.5 Å². The van der Waals surface area contributed by atoms with Crippen molar-refractivity contribution in [3.05, 3.63) is 69.7 Å². The molecule has 5 bridgehead atoms. The quantitative estimate of drug-likeness (QED) is 0.180. The molecule has 1 aromatic carbocycles. The minimum Gasteiger partial charge on any atom is -0.507 e. The molecule has 0 unspecified atom stereocenters. The normalized spacial score (nSPS) is 31.7. The molecule has 0 spiro atoms. The Balaban J connectivity index is 1.46. The van der Waals surface area contributed by atoms with Gasteiger partial charge >= 0.3 is 11.8 Å². The van der Waals surface area contributed by atoms with E-state index in [9.17, 15) is 29.1 Å². The maximum Gasteiger partial charge on any atom is 0.312 e. The first-order valence-corrected chi connectivity index (χ1v) is 25.1. The Morgan fingerprint density at radius 3 is 2.10 bits per heavy atom. The third-order valence-electron chi connectivity index (χ3n) is 14.5.